The number of thiophene rings is 1. The first-order chi connectivity index (χ1) is 15.7. The summed E-state index contributed by atoms with van der Waals surface area (Å²) in [7, 11) is 1.36. The number of carbonyl (C=O) groups is 2. The maximum Gasteiger partial charge on any atom is 0.318 e. The number of fused-ring (bicyclic) bond motifs is 5. The van der Waals surface area contributed by atoms with Crippen LogP contribution in [0.15, 0.2) is 48.7 Å². The van der Waals surface area contributed by atoms with Crippen LogP contribution in [-0.4, -0.2) is 35.1 Å². The highest BCUT2D eigenvalue weighted by Crippen LogP contribution is 2.43. The molecule has 0 saturated carbocycles. The van der Waals surface area contributed by atoms with Crippen molar-refractivity contribution in [1.29, 1.82) is 0 Å². The van der Waals surface area contributed by atoms with Gasteiger partial charge in [0.15, 0.2) is 0 Å². The number of aromatic nitrogens is 1. The minimum absolute atomic E-state index is 0.154. The van der Waals surface area contributed by atoms with Crippen LogP contribution in [0.25, 0.3) is 5.00 Å². The van der Waals surface area contributed by atoms with Crippen molar-refractivity contribution in [3.8, 4) is 5.00 Å². The molecule has 7 heteroatoms. The number of benzene rings is 1. The maximum absolute atomic E-state index is 13.5. The fourth-order valence-corrected chi connectivity index (χ4v) is 6.25. The molecule has 1 atom stereocenters. The van der Waals surface area contributed by atoms with Crippen LogP contribution >= 0.6 is 11.3 Å². The molecule has 5 rings (SSSR count). The highest BCUT2D eigenvalue weighted by atomic mass is 32.1. The van der Waals surface area contributed by atoms with Gasteiger partial charge < -0.3 is 19.5 Å². The van der Waals surface area contributed by atoms with E-state index in [0.717, 1.165) is 24.1 Å². The highest BCUT2D eigenvalue weighted by Gasteiger charge is 2.35. The predicted octanol–water partition coefficient (Wildman–Crippen LogP) is 4.60. The van der Waals surface area contributed by atoms with Crippen molar-refractivity contribution >= 4 is 23.3 Å². The van der Waals surface area contributed by atoms with E-state index in [1.807, 2.05) is 34.4 Å². The number of esters is 1. The van der Waals surface area contributed by atoms with E-state index in [9.17, 15) is 9.59 Å². The van der Waals surface area contributed by atoms with Gasteiger partial charge in [-0.25, -0.2) is 4.79 Å². The van der Waals surface area contributed by atoms with E-state index >= 15 is 0 Å². The van der Waals surface area contributed by atoms with E-state index in [4.69, 9.17) is 4.74 Å². The van der Waals surface area contributed by atoms with Crippen molar-refractivity contribution in [3.63, 3.8) is 0 Å². The Kier molecular flexibility index (Phi) is 5.74. The molecular formula is C25H27N3O3S. The van der Waals surface area contributed by atoms with Crippen molar-refractivity contribution in [1.82, 2.24) is 14.8 Å². The zero-order valence-electron chi connectivity index (χ0n) is 18.2. The zero-order chi connectivity index (χ0) is 22.1. The Morgan fingerprint density at radius 2 is 1.91 bits per heavy atom. The molecule has 6 nitrogen and oxygen atoms in total. The Hall–Kier alpha value is -3.06. The Morgan fingerprint density at radius 3 is 2.72 bits per heavy atom. The van der Waals surface area contributed by atoms with Gasteiger partial charge in [0.2, 0.25) is 0 Å². The molecule has 1 aromatic carbocycles. The van der Waals surface area contributed by atoms with Gasteiger partial charge in [0, 0.05) is 23.2 Å². The zero-order valence-corrected chi connectivity index (χ0v) is 19.0. The molecule has 0 radical (unpaired) electrons. The summed E-state index contributed by atoms with van der Waals surface area (Å²) in [6.45, 7) is 0.797. The van der Waals surface area contributed by atoms with Crippen molar-refractivity contribution < 1.29 is 14.3 Å². The fourth-order valence-electron chi connectivity index (χ4n) is 4.85. The summed E-state index contributed by atoms with van der Waals surface area (Å²) < 4.78 is 6.99. The molecule has 166 valence electrons. The number of urea groups is 1. The van der Waals surface area contributed by atoms with Crippen molar-refractivity contribution in [2.45, 2.75) is 44.7 Å². The average Bonchev–Trinajstić information content (AvgIpc) is 3.41. The molecule has 0 fully saturated rings. The van der Waals surface area contributed by atoms with Gasteiger partial charge in [-0.3, -0.25) is 4.79 Å². The van der Waals surface area contributed by atoms with Gasteiger partial charge in [-0.15, -0.1) is 11.3 Å². The minimum atomic E-state index is -0.330. The highest BCUT2D eigenvalue weighted by molar-refractivity contribution is 7.15. The second-order valence-electron chi connectivity index (χ2n) is 8.30. The first-order valence-electron chi connectivity index (χ1n) is 11.1. The largest absolute Gasteiger partial charge is 0.469 e. The van der Waals surface area contributed by atoms with Gasteiger partial charge in [0.05, 0.1) is 31.8 Å². The van der Waals surface area contributed by atoms with E-state index in [-0.39, 0.29) is 31.0 Å². The molecule has 1 unspecified atom stereocenters. The van der Waals surface area contributed by atoms with Crippen molar-refractivity contribution in [2.75, 3.05) is 13.7 Å². The van der Waals surface area contributed by atoms with Crippen LogP contribution in [0.4, 0.5) is 4.79 Å². The predicted molar refractivity (Wildman–Crippen MR) is 124 cm³/mol. The van der Waals surface area contributed by atoms with Crippen molar-refractivity contribution in [3.05, 3.63) is 75.9 Å². The van der Waals surface area contributed by atoms with Gasteiger partial charge in [0.1, 0.15) is 5.00 Å². The van der Waals surface area contributed by atoms with Gasteiger partial charge in [-0.1, -0.05) is 30.3 Å². The molecule has 2 aliphatic rings. The van der Waals surface area contributed by atoms with E-state index in [0.29, 0.717) is 6.54 Å². The smallest absolute Gasteiger partial charge is 0.318 e. The third-order valence-corrected chi connectivity index (χ3v) is 7.72. The number of methoxy groups -OCH3 is 1. The summed E-state index contributed by atoms with van der Waals surface area (Å²) in [4.78, 5) is 28.4. The number of amides is 2. The summed E-state index contributed by atoms with van der Waals surface area (Å²) in [5.41, 5.74) is 4.84. The second-order valence-corrected chi connectivity index (χ2v) is 9.38. The molecule has 3 aromatic rings. The summed E-state index contributed by atoms with van der Waals surface area (Å²) in [6, 6.07) is 14.0. The van der Waals surface area contributed by atoms with Crippen LogP contribution in [0.3, 0.4) is 0 Å². The average molecular weight is 450 g/mol. The molecule has 0 saturated heterocycles. The number of aryl methyl sites for hydroxylation is 1. The number of nitrogens with one attached hydrogen (secondary N) is 1. The molecule has 1 aliphatic carbocycles. The molecule has 2 amide bonds. The maximum atomic E-state index is 13.5. The number of carbonyl (C=O) groups excluding carboxylic acids is 2. The molecule has 2 aromatic heterocycles. The third kappa shape index (κ3) is 3.71. The van der Waals surface area contributed by atoms with E-state index < -0.39 is 0 Å². The SMILES string of the molecule is COC(=O)CCNC(=O)N1Cc2c(sc3c2CCCC3)-n2cccc2C1c1ccccc1. The fraction of sp³-hybridized carbons (Fsp3) is 0.360. The Labute approximate surface area is 191 Å². The molecular weight excluding hydrogens is 422 g/mol. The van der Waals surface area contributed by atoms with Crippen LogP contribution in [0, 0.1) is 0 Å². The lowest BCUT2D eigenvalue weighted by Crippen LogP contribution is -2.42. The minimum Gasteiger partial charge on any atom is -0.469 e. The number of hydrogen-bond donors (Lipinski definition) is 1. The van der Waals surface area contributed by atoms with E-state index in [1.165, 1.54) is 41.0 Å². The first-order valence-corrected chi connectivity index (χ1v) is 12.0. The Balaban J connectivity index is 1.57. The number of ether oxygens (including phenoxy) is 1. The number of rotatable bonds is 4. The molecule has 1 aliphatic heterocycles. The van der Waals surface area contributed by atoms with E-state index in [1.54, 1.807) is 0 Å². The number of nitrogens with zero attached hydrogens (tertiary/aromatic N) is 2. The van der Waals surface area contributed by atoms with Crippen LogP contribution in [0.2, 0.25) is 0 Å². The topological polar surface area (TPSA) is 63.6 Å². The van der Waals surface area contributed by atoms with Crippen LogP contribution in [0.5, 0.6) is 0 Å². The third-order valence-electron chi connectivity index (χ3n) is 6.39. The van der Waals surface area contributed by atoms with Gasteiger partial charge in [-0.05, 0) is 48.9 Å². The second kappa shape index (κ2) is 8.82. The van der Waals surface area contributed by atoms with Crippen LogP contribution in [-0.2, 0) is 28.9 Å². The lowest BCUT2D eigenvalue weighted by atomic mass is 9.95. The van der Waals surface area contributed by atoms with E-state index in [2.05, 4.69) is 40.3 Å². The van der Waals surface area contributed by atoms with Crippen LogP contribution in [0.1, 0.15) is 52.6 Å². The normalized spacial score (nSPS) is 17.0. The summed E-state index contributed by atoms with van der Waals surface area (Å²) in [5, 5.41) is 4.19. The molecule has 3 heterocycles. The lowest BCUT2D eigenvalue weighted by molar-refractivity contribution is -0.140. The Bertz CT molecular complexity index is 1130. The summed E-state index contributed by atoms with van der Waals surface area (Å²) in [6.07, 6.45) is 6.90. The van der Waals surface area contributed by atoms with Gasteiger partial charge in [0.25, 0.3) is 0 Å². The standard InChI is InChI=1S/C25H27N3O3S/c1-31-22(29)13-14-26-25(30)28-16-19-18-10-5-6-12-21(18)32-24(19)27-15-7-11-20(27)23(28)17-8-3-2-4-9-17/h2-4,7-9,11,15,23H,5-6,10,12-14,16H2,1H3,(H,26,30). The van der Waals surface area contributed by atoms with Gasteiger partial charge >= 0.3 is 12.0 Å². The van der Waals surface area contributed by atoms with Crippen molar-refractivity contribution in [2.24, 2.45) is 0 Å². The summed E-state index contributed by atoms with van der Waals surface area (Å²) >= 11 is 1.88. The number of hydrogen-bond acceptors (Lipinski definition) is 4. The quantitative estimate of drug-likeness (QED) is 0.593. The molecule has 0 bridgehead atoms. The lowest BCUT2D eigenvalue weighted by Gasteiger charge is -2.31. The molecule has 1 N–H and O–H groups in total. The monoisotopic (exact) mass is 449 g/mol. The van der Waals surface area contributed by atoms with Crippen LogP contribution < -0.4 is 5.32 Å². The molecule has 0 spiro atoms. The summed E-state index contributed by atoms with van der Waals surface area (Å²) in [5.74, 6) is -0.330. The first kappa shape index (κ1) is 20.8. The molecule has 32 heavy (non-hydrogen) atoms. The Morgan fingerprint density at radius 1 is 1.09 bits per heavy atom. The van der Waals surface area contributed by atoms with Gasteiger partial charge in [-0.2, -0.15) is 0 Å².